The summed E-state index contributed by atoms with van der Waals surface area (Å²) in [4.78, 5) is 20.0. The number of hydrogen-bond acceptors (Lipinski definition) is 5. The zero-order chi connectivity index (χ0) is 16.1. The second kappa shape index (κ2) is 7.15. The second-order valence-electron chi connectivity index (χ2n) is 4.86. The summed E-state index contributed by atoms with van der Waals surface area (Å²) < 4.78 is 18.3. The van der Waals surface area contributed by atoms with E-state index in [1.807, 2.05) is 6.08 Å². The highest BCUT2D eigenvalue weighted by Crippen LogP contribution is 2.25. The van der Waals surface area contributed by atoms with Crippen LogP contribution in [0, 0.1) is 5.82 Å². The highest BCUT2D eigenvalue weighted by atomic mass is 32.1. The van der Waals surface area contributed by atoms with Crippen LogP contribution >= 0.6 is 11.3 Å². The molecule has 118 valence electrons. The Morgan fingerprint density at radius 1 is 1.39 bits per heavy atom. The predicted molar refractivity (Wildman–Crippen MR) is 87.0 cm³/mol. The van der Waals surface area contributed by atoms with Gasteiger partial charge in [-0.05, 0) is 30.2 Å². The Morgan fingerprint density at radius 2 is 2.22 bits per heavy atom. The van der Waals surface area contributed by atoms with Crippen molar-refractivity contribution in [3.8, 4) is 0 Å². The van der Waals surface area contributed by atoms with Gasteiger partial charge in [-0.3, -0.25) is 15.1 Å². The van der Waals surface area contributed by atoms with Crippen LogP contribution in [0.3, 0.4) is 0 Å². The molecular weight excluding hydrogens is 317 g/mol. The lowest BCUT2D eigenvalue weighted by atomic mass is 10.0. The Balaban J connectivity index is 1.48. The number of aromatic nitrogens is 1. The molecule has 0 bridgehead atoms. The number of dihydropyridines is 1. The molecule has 7 heteroatoms. The third-order valence-electron chi connectivity index (χ3n) is 3.23. The number of rotatable bonds is 5. The number of allylic oxidation sites excluding steroid dienone is 1. The van der Waals surface area contributed by atoms with Crippen LogP contribution in [0.5, 0.6) is 0 Å². The van der Waals surface area contributed by atoms with Gasteiger partial charge in [-0.2, -0.15) is 0 Å². The van der Waals surface area contributed by atoms with E-state index < -0.39 is 0 Å². The molecule has 23 heavy (non-hydrogen) atoms. The van der Waals surface area contributed by atoms with Gasteiger partial charge in [0.05, 0.1) is 12.3 Å². The van der Waals surface area contributed by atoms with E-state index in [1.165, 1.54) is 23.5 Å². The van der Waals surface area contributed by atoms with Crippen LogP contribution in [0.1, 0.15) is 18.0 Å². The molecule has 0 fully saturated rings. The second-order valence-corrected chi connectivity index (χ2v) is 5.76. The predicted octanol–water partition coefficient (Wildman–Crippen LogP) is 3.34. The molecule has 1 atom stereocenters. The number of ether oxygens (including phenoxy) is 1. The van der Waals surface area contributed by atoms with Crippen molar-refractivity contribution in [3.05, 3.63) is 59.1 Å². The van der Waals surface area contributed by atoms with Crippen molar-refractivity contribution in [2.24, 2.45) is 4.99 Å². The van der Waals surface area contributed by atoms with Crippen molar-refractivity contribution >= 4 is 28.6 Å². The Bertz CT molecular complexity index is 726. The molecule has 1 aromatic heterocycles. The highest BCUT2D eigenvalue weighted by molar-refractivity contribution is 7.13. The Labute approximate surface area is 136 Å². The number of carbonyl (C=O) groups is 1. The van der Waals surface area contributed by atoms with E-state index in [0.29, 0.717) is 17.3 Å². The van der Waals surface area contributed by atoms with Gasteiger partial charge in [0.15, 0.2) is 11.7 Å². The quantitative estimate of drug-likeness (QED) is 0.914. The summed E-state index contributed by atoms with van der Waals surface area (Å²) in [5, 5.41) is 4.96. The van der Waals surface area contributed by atoms with Gasteiger partial charge < -0.3 is 4.74 Å². The summed E-state index contributed by atoms with van der Waals surface area (Å²) in [6, 6.07) is 6.23. The van der Waals surface area contributed by atoms with Crippen molar-refractivity contribution < 1.29 is 13.9 Å². The van der Waals surface area contributed by atoms with Gasteiger partial charge >= 0.3 is 0 Å². The first kappa shape index (κ1) is 15.4. The van der Waals surface area contributed by atoms with Gasteiger partial charge in [0, 0.05) is 11.6 Å². The fourth-order valence-corrected chi connectivity index (χ4v) is 2.64. The van der Waals surface area contributed by atoms with Crippen LogP contribution in [0.15, 0.2) is 52.7 Å². The number of amides is 1. The van der Waals surface area contributed by atoms with E-state index in [9.17, 15) is 9.18 Å². The highest BCUT2D eigenvalue weighted by Gasteiger charge is 2.14. The molecule has 0 aliphatic carbocycles. The van der Waals surface area contributed by atoms with E-state index in [0.717, 1.165) is 5.56 Å². The van der Waals surface area contributed by atoms with Gasteiger partial charge in [-0.1, -0.05) is 12.1 Å². The summed E-state index contributed by atoms with van der Waals surface area (Å²) in [6.07, 6.45) is 5.73. The van der Waals surface area contributed by atoms with Gasteiger partial charge in [0.25, 0.3) is 5.91 Å². The number of halogens is 1. The number of nitrogens with zero attached hydrogens (tertiary/aromatic N) is 2. The van der Waals surface area contributed by atoms with Crippen molar-refractivity contribution in [1.29, 1.82) is 0 Å². The molecular formula is C16H14FN3O2S. The molecule has 0 saturated heterocycles. The Hall–Kier alpha value is -2.54. The fraction of sp³-hybridized carbons (Fsp3) is 0.188. The van der Waals surface area contributed by atoms with Crippen LogP contribution in [0.2, 0.25) is 0 Å². The molecule has 1 amide bonds. The molecule has 0 saturated carbocycles. The van der Waals surface area contributed by atoms with Crippen LogP contribution in [0.25, 0.3) is 0 Å². The summed E-state index contributed by atoms with van der Waals surface area (Å²) in [5.74, 6) is 0.0203. The maximum Gasteiger partial charge on any atom is 0.264 e. The molecule has 0 radical (unpaired) electrons. The number of benzene rings is 1. The number of thiazole rings is 1. The van der Waals surface area contributed by atoms with Gasteiger partial charge in [0.2, 0.25) is 0 Å². The van der Waals surface area contributed by atoms with Gasteiger partial charge in [-0.25, -0.2) is 9.37 Å². The molecule has 5 nitrogen and oxygen atoms in total. The lowest BCUT2D eigenvalue weighted by Gasteiger charge is -2.16. The number of aliphatic imine (C=N–C) groups is 1. The average Bonchev–Trinajstić information content (AvgIpc) is 3.07. The molecule has 2 heterocycles. The third kappa shape index (κ3) is 4.23. The first-order valence-electron chi connectivity index (χ1n) is 7.01. The van der Waals surface area contributed by atoms with E-state index in [-0.39, 0.29) is 24.4 Å². The van der Waals surface area contributed by atoms with Crippen LogP contribution in [0.4, 0.5) is 9.52 Å². The van der Waals surface area contributed by atoms with Crippen molar-refractivity contribution in [2.45, 2.75) is 12.5 Å². The molecule has 1 aromatic carbocycles. The van der Waals surface area contributed by atoms with Crippen molar-refractivity contribution in [3.63, 3.8) is 0 Å². The van der Waals surface area contributed by atoms with Crippen LogP contribution in [-0.4, -0.2) is 23.7 Å². The van der Waals surface area contributed by atoms with Gasteiger partial charge in [-0.15, -0.1) is 11.3 Å². The first-order chi connectivity index (χ1) is 11.2. The smallest absolute Gasteiger partial charge is 0.264 e. The van der Waals surface area contributed by atoms with E-state index in [2.05, 4.69) is 15.3 Å². The SMILES string of the molecule is O=C(COC1=CCC(c2ccc(F)cc2)N=C1)Nc1nccs1. The minimum Gasteiger partial charge on any atom is -0.483 e. The van der Waals surface area contributed by atoms with E-state index >= 15 is 0 Å². The average molecular weight is 331 g/mol. The molecule has 1 aliphatic rings. The maximum atomic E-state index is 12.9. The monoisotopic (exact) mass is 331 g/mol. The zero-order valence-corrected chi connectivity index (χ0v) is 12.9. The molecule has 2 aromatic rings. The molecule has 0 spiro atoms. The lowest BCUT2D eigenvalue weighted by Crippen LogP contribution is -2.18. The fourth-order valence-electron chi connectivity index (χ4n) is 2.10. The van der Waals surface area contributed by atoms with E-state index in [4.69, 9.17) is 4.74 Å². The molecule has 3 rings (SSSR count). The largest absolute Gasteiger partial charge is 0.483 e. The Kier molecular flexibility index (Phi) is 4.77. The minimum absolute atomic E-state index is 0.0490. The van der Waals surface area contributed by atoms with E-state index in [1.54, 1.807) is 29.9 Å². The van der Waals surface area contributed by atoms with Crippen molar-refractivity contribution in [1.82, 2.24) is 4.98 Å². The van der Waals surface area contributed by atoms with Crippen LogP contribution < -0.4 is 5.32 Å². The number of anilines is 1. The maximum absolute atomic E-state index is 12.9. The number of nitrogens with one attached hydrogen (secondary N) is 1. The lowest BCUT2D eigenvalue weighted by molar-refractivity contribution is -0.119. The van der Waals surface area contributed by atoms with Gasteiger partial charge in [0.1, 0.15) is 11.6 Å². The molecule has 1 aliphatic heterocycles. The molecule has 1 unspecified atom stereocenters. The number of hydrogen-bond donors (Lipinski definition) is 1. The third-order valence-corrected chi connectivity index (χ3v) is 3.92. The summed E-state index contributed by atoms with van der Waals surface area (Å²) in [6.45, 7) is -0.0986. The first-order valence-corrected chi connectivity index (χ1v) is 7.89. The summed E-state index contributed by atoms with van der Waals surface area (Å²) in [7, 11) is 0. The van der Waals surface area contributed by atoms with Crippen molar-refractivity contribution in [2.75, 3.05) is 11.9 Å². The standard InChI is InChI=1S/C16H14FN3O2S/c17-12-3-1-11(2-4-12)14-6-5-13(9-19-14)22-10-15(21)20-16-18-7-8-23-16/h1-5,7-9,14H,6,10H2,(H,18,20,21). The van der Waals surface area contributed by atoms with Crippen LogP contribution in [-0.2, 0) is 9.53 Å². The molecule has 1 N–H and O–H groups in total. The normalized spacial score (nSPS) is 16.7. The minimum atomic E-state index is -0.269. The zero-order valence-electron chi connectivity index (χ0n) is 12.1. The summed E-state index contributed by atoms with van der Waals surface area (Å²) in [5.41, 5.74) is 0.944. The summed E-state index contributed by atoms with van der Waals surface area (Å²) >= 11 is 1.35. The Morgan fingerprint density at radius 3 is 2.87 bits per heavy atom. The topological polar surface area (TPSA) is 63.6 Å². The number of carbonyl (C=O) groups excluding carboxylic acids is 1.